The highest BCUT2D eigenvalue weighted by Gasteiger charge is 2.09. The van der Waals surface area contributed by atoms with Crippen molar-refractivity contribution in [3.05, 3.63) is 24.4 Å². The molecule has 0 saturated carbocycles. The molecule has 1 atom stereocenters. The lowest BCUT2D eigenvalue weighted by atomic mass is 9.91. The van der Waals surface area contributed by atoms with Gasteiger partial charge >= 0.3 is 0 Å². The highest BCUT2D eigenvalue weighted by atomic mass is 14.7. The fourth-order valence-corrected chi connectivity index (χ4v) is 0.926. The summed E-state index contributed by atoms with van der Waals surface area (Å²) in [5.74, 6) is 0.458. The van der Waals surface area contributed by atoms with E-state index < -0.39 is 0 Å². The van der Waals surface area contributed by atoms with E-state index >= 15 is 0 Å². The number of allylic oxidation sites excluding steroid dienone is 3. The van der Waals surface area contributed by atoms with E-state index in [0.717, 1.165) is 0 Å². The van der Waals surface area contributed by atoms with Crippen LogP contribution in [0.4, 0.5) is 0 Å². The van der Waals surface area contributed by atoms with E-state index in [9.17, 15) is 0 Å². The number of rotatable bonds is 0. The standard InChI is InChI=1S/C10H15N/c1-9-4-5-10(2,3)6-7-11-8-9/h4-9H,1-3H3/b5-4-,7-6-,11-8?. The van der Waals surface area contributed by atoms with Crippen molar-refractivity contribution in [3.8, 4) is 0 Å². The number of aliphatic imine (C=N–C) groups is 1. The number of nitrogens with zero attached hydrogens (tertiary/aromatic N) is 1. The molecule has 0 aromatic heterocycles. The van der Waals surface area contributed by atoms with Crippen molar-refractivity contribution in [2.45, 2.75) is 20.8 Å². The Kier molecular flexibility index (Phi) is 2.28. The molecule has 0 fully saturated rings. The molecule has 0 N–H and O–H groups in total. The summed E-state index contributed by atoms with van der Waals surface area (Å²) < 4.78 is 0. The van der Waals surface area contributed by atoms with Gasteiger partial charge in [-0.2, -0.15) is 0 Å². The van der Waals surface area contributed by atoms with Gasteiger partial charge in [0.25, 0.3) is 0 Å². The minimum Gasteiger partial charge on any atom is -0.269 e. The molecule has 0 bridgehead atoms. The molecule has 0 aromatic rings. The third kappa shape index (κ3) is 2.71. The molecule has 1 heteroatoms. The molecule has 0 radical (unpaired) electrons. The molecule has 0 amide bonds. The summed E-state index contributed by atoms with van der Waals surface area (Å²) >= 11 is 0. The molecule has 0 saturated heterocycles. The van der Waals surface area contributed by atoms with Gasteiger partial charge < -0.3 is 0 Å². The van der Waals surface area contributed by atoms with Crippen molar-refractivity contribution < 1.29 is 0 Å². The van der Waals surface area contributed by atoms with Gasteiger partial charge in [0.05, 0.1) is 0 Å². The summed E-state index contributed by atoms with van der Waals surface area (Å²) in [7, 11) is 0. The highest BCUT2D eigenvalue weighted by Crippen LogP contribution is 2.20. The van der Waals surface area contributed by atoms with E-state index in [1.165, 1.54) is 0 Å². The van der Waals surface area contributed by atoms with Crippen LogP contribution in [0.1, 0.15) is 20.8 Å². The molecule has 1 nitrogen and oxygen atoms in total. The average molecular weight is 149 g/mol. The SMILES string of the molecule is CC1C=N/C=C\C(C)(C)/C=C\1. The first-order chi connectivity index (χ1) is 5.10. The van der Waals surface area contributed by atoms with Gasteiger partial charge in [0.15, 0.2) is 0 Å². The second-order valence-corrected chi connectivity index (χ2v) is 3.65. The third-order valence-electron chi connectivity index (χ3n) is 1.74. The topological polar surface area (TPSA) is 12.4 Å². The number of hydrogen-bond donors (Lipinski definition) is 0. The van der Waals surface area contributed by atoms with Crippen LogP contribution in [0.5, 0.6) is 0 Å². The molecule has 0 aliphatic carbocycles. The Hall–Kier alpha value is -0.850. The maximum absolute atomic E-state index is 4.15. The zero-order valence-electron chi connectivity index (χ0n) is 7.41. The maximum atomic E-state index is 4.15. The summed E-state index contributed by atoms with van der Waals surface area (Å²) in [6.45, 7) is 6.48. The van der Waals surface area contributed by atoms with Crippen molar-refractivity contribution in [1.29, 1.82) is 0 Å². The predicted octanol–water partition coefficient (Wildman–Crippen LogP) is 2.80. The molecular formula is C10H15N. The Morgan fingerprint density at radius 2 is 2.00 bits per heavy atom. The second-order valence-electron chi connectivity index (χ2n) is 3.65. The van der Waals surface area contributed by atoms with Crippen LogP contribution < -0.4 is 0 Å². The zero-order chi connectivity index (χ0) is 8.32. The van der Waals surface area contributed by atoms with Gasteiger partial charge in [-0.1, -0.05) is 39.0 Å². The summed E-state index contributed by atoms with van der Waals surface area (Å²) in [6, 6.07) is 0. The summed E-state index contributed by atoms with van der Waals surface area (Å²) in [5, 5.41) is 0. The minimum atomic E-state index is 0.159. The fraction of sp³-hybridized carbons (Fsp3) is 0.500. The molecule has 1 unspecified atom stereocenters. The van der Waals surface area contributed by atoms with Crippen LogP contribution >= 0.6 is 0 Å². The van der Waals surface area contributed by atoms with Crippen LogP contribution in [0.3, 0.4) is 0 Å². The average Bonchev–Trinajstić information content (AvgIpc) is 1.92. The lowest BCUT2D eigenvalue weighted by Gasteiger charge is -2.15. The van der Waals surface area contributed by atoms with Gasteiger partial charge in [0, 0.05) is 23.7 Å². The monoisotopic (exact) mass is 149 g/mol. The largest absolute Gasteiger partial charge is 0.269 e. The van der Waals surface area contributed by atoms with Gasteiger partial charge in [0.1, 0.15) is 0 Å². The Morgan fingerprint density at radius 1 is 1.27 bits per heavy atom. The van der Waals surface area contributed by atoms with Crippen LogP contribution in [-0.2, 0) is 0 Å². The first kappa shape index (κ1) is 8.25. The lowest BCUT2D eigenvalue weighted by Crippen LogP contribution is -2.05. The summed E-state index contributed by atoms with van der Waals surface area (Å²) in [6.07, 6.45) is 10.3. The summed E-state index contributed by atoms with van der Waals surface area (Å²) in [5.41, 5.74) is 0.159. The fourth-order valence-electron chi connectivity index (χ4n) is 0.926. The molecule has 1 aliphatic heterocycles. The quantitative estimate of drug-likeness (QED) is 0.470. The first-order valence-electron chi connectivity index (χ1n) is 4.00. The van der Waals surface area contributed by atoms with Crippen molar-refractivity contribution >= 4 is 6.21 Å². The van der Waals surface area contributed by atoms with Gasteiger partial charge in [-0.05, 0) is 0 Å². The molecular weight excluding hydrogens is 134 g/mol. The van der Waals surface area contributed by atoms with E-state index in [-0.39, 0.29) is 5.41 Å². The van der Waals surface area contributed by atoms with E-state index in [1.807, 2.05) is 12.4 Å². The van der Waals surface area contributed by atoms with E-state index in [1.54, 1.807) is 0 Å². The van der Waals surface area contributed by atoms with Gasteiger partial charge in [-0.15, -0.1) is 0 Å². The Balaban J connectivity index is 2.85. The molecule has 60 valence electrons. The van der Waals surface area contributed by atoms with Gasteiger partial charge in [-0.3, -0.25) is 4.99 Å². The molecule has 0 spiro atoms. The molecule has 11 heavy (non-hydrogen) atoms. The van der Waals surface area contributed by atoms with Crippen LogP contribution in [0.2, 0.25) is 0 Å². The summed E-state index contributed by atoms with van der Waals surface area (Å²) in [4.78, 5) is 4.15. The van der Waals surface area contributed by atoms with Crippen LogP contribution in [0.15, 0.2) is 29.4 Å². The molecule has 1 heterocycles. The Labute approximate surface area is 68.5 Å². The van der Waals surface area contributed by atoms with Gasteiger partial charge in [-0.25, -0.2) is 0 Å². The first-order valence-corrected chi connectivity index (χ1v) is 4.00. The molecule has 1 aliphatic rings. The van der Waals surface area contributed by atoms with Crippen molar-refractivity contribution in [2.75, 3.05) is 0 Å². The minimum absolute atomic E-state index is 0.159. The van der Waals surface area contributed by atoms with Crippen LogP contribution in [-0.4, -0.2) is 6.21 Å². The second kappa shape index (κ2) is 3.04. The number of hydrogen-bond acceptors (Lipinski definition) is 1. The van der Waals surface area contributed by atoms with Gasteiger partial charge in [0.2, 0.25) is 0 Å². The molecule has 0 aromatic carbocycles. The maximum Gasteiger partial charge on any atom is 0.0232 e. The Bertz CT molecular complexity index is 209. The van der Waals surface area contributed by atoms with Crippen LogP contribution in [0, 0.1) is 11.3 Å². The Morgan fingerprint density at radius 3 is 2.73 bits per heavy atom. The van der Waals surface area contributed by atoms with Crippen molar-refractivity contribution in [2.24, 2.45) is 16.3 Å². The highest BCUT2D eigenvalue weighted by molar-refractivity contribution is 5.63. The normalized spacial score (nSPS) is 33.9. The molecule has 1 rings (SSSR count). The van der Waals surface area contributed by atoms with Crippen LogP contribution in [0.25, 0.3) is 0 Å². The predicted molar refractivity (Wildman–Crippen MR) is 49.7 cm³/mol. The van der Waals surface area contributed by atoms with E-state index in [0.29, 0.717) is 5.92 Å². The van der Waals surface area contributed by atoms with Crippen molar-refractivity contribution in [3.63, 3.8) is 0 Å². The van der Waals surface area contributed by atoms with E-state index in [2.05, 4.69) is 44.0 Å². The smallest absolute Gasteiger partial charge is 0.0232 e. The zero-order valence-corrected chi connectivity index (χ0v) is 7.41. The van der Waals surface area contributed by atoms with E-state index in [4.69, 9.17) is 0 Å². The van der Waals surface area contributed by atoms with Crippen molar-refractivity contribution in [1.82, 2.24) is 0 Å². The lowest BCUT2D eigenvalue weighted by molar-refractivity contribution is 0.618. The third-order valence-corrected chi connectivity index (χ3v) is 1.74.